The fraction of sp³-hybridized carbons (Fsp3) is 0.233. The van der Waals surface area contributed by atoms with Crippen LogP contribution in [-0.4, -0.2) is 41.6 Å². The number of hydrogen-bond acceptors (Lipinski definition) is 8. The number of nitrogens with one attached hydrogen (secondary N) is 3. The SMILES string of the molecule is C=C(NCCCCC(NC)C(C)=O)Nc1ccc(-c2c3ccc(=O)cc-3oc3cc(O)ccc23)c(C(=O)O)c1. The number of carbonyl (C=O) groups is 2. The number of benzene rings is 3. The molecule has 9 nitrogen and oxygen atoms in total. The van der Waals surface area contributed by atoms with Gasteiger partial charge in [0, 0.05) is 40.9 Å². The maximum Gasteiger partial charge on any atom is 0.336 e. The number of aromatic hydroxyl groups is 1. The van der Waals surface area contributed by atoms with E-state index in [1.165, 1.54) is 30.3 Å². The van der Waals surface area contributed by atoms with E-state index in [2.05, 4.69) is 22.5 Å². The zero-order valence-corrected chi connectivity index (χ0v) is 21.8. The average Bonchev–Trinajstić information content (AvgIpc) is 2.89. The van der Waals surface area contributed by atoms with Gasteiger partial charge in [0.15, 0.2) is 5.43 Å². The highest BCUT2D eigenvalue weighted by molar-refractivity contribution is 6.08. The van der Waals surface area contributed by atoms with Crippen LogP contribution < -0.4 is 21.4 Å². The van der Waals surface area contributed by atoms with E-state index in [1.807, 2.05) is 0 Å². The number of likely N-dealkylation sites (N-methyl/N-ethyl adjacent to an activating group) is 1. The summed E-state index contributed by atoms with van der Waals surface area (Å²) in [4.78, 5) is 35.9. The van der Waals surface area contributed by atoms with Gasteiger partial charge in [0.25, 0.3) is 0 Å². The van der Waals surface area contributed by atoms with E-state index in [1.54, 1.807) is 38.2 Å². The minimum Gasteiger partial charge on any atom is -0.508 e. The lowest BCUT2D eigenvalue weighted by atomic mass is 9.90. The van der Waals surface area contributed by atoms with Gasteiger partial charge in [-0.3, -0.25) is 9.59 Å². The first-order valence-corrected chi connectivity index (χ1v) is 12.6. The number of unbranched alkanes of at least 4 members (excludes halogenated alkanes) is 1. The Balaban J connectivity index is 1.58. The second-order valence-corrected chi connectivity index (χ2v) is 9.36. The third-order valence-corrected chi connectivity index (χ3v) is 6.59. The first-order chi connectivity index (χ1) is 18.7. The number of carboxylic acid groups (broad SMARTS) is 1. The maximum atomic E-state index is 12.4. The van der Waals surface area contributed by atoms with Crippen LogP contribution in [-0.2, 0) is 4.79 Å². The summed E-state index contributed by atoms with van der Waals surface area (Å²) >= 11 is 0. The normalized spacial score (nSPS) is 11.8. The number of aromatic carboxylic acids is 1. The summed E-state index contributed by atoms with van der Waals surface area (Å²) < 4.78 is 5.87. The Morgan fingerprint density at radius 1 is 1.03 bits per heavy atom. The van der Waals surface area contributed by atoms with Crippen LogP contribution in [0.25, 0.3) is 33.4 Å². The van der Waals surface area contributed by atoms with E-state index < -0.39 is 5.97 Å². The summed E-state index contributed by atoms with van der Waals surface area (Å²) in [6.45, 7) is 6.20. The topological polar surface area (TPSA) is 141 Å². The largest absolute Gasteiger partial charge is 0.508 e. The van der Waals surface area contributed by atoms with Gasteiger partial charge >= 0.3 is 5.97 Å². The van der Waals surface area contributed by atoms with E-state index >= 15 is 0 Å². The van der Waals surface area contributed by atoms with E-state index in [9.17, 15) is 24.6 Å². The highest BCUT2D eigenvalue weighted by atomic mass is 16.4. The molecule has 1 aliphatic carbocycles. The Hall–Kier alpha value is -4.63. The molecular formula is C30H31N3O6. The van der Waals surface area contributed by atoms with Crippen LogP contribution in [0.2, 0.25) is 0 Å². The Bertz CT molecular complexity index is 1580. The molecule has 1 atom stereocenters. The van der Waals surface area contributed by atoms with Gasteiger partial charge in [-0.1, -0.05) is 12.6 Å². The van der Waals surface area contributed by atoms with Gasteiger partial charge in [-0.05, 0) is 75.2 Å². The molecule has 0 spiro atoms. The number of rotatable bonds is 12. The molecular weight excluding hydrogens is 498 g/mol. The van der Waals surface area contributed by atoms with Crippen molar-refractivity contribution in [1.29, 1.82) is 0 Å². The fourth-order valence-electron chi connectivity index (χ4n) is 4.65. The molecule has 39 heavy (non-hydrogen) atoms. The summed E-state index contributed by atoms with van der Waals surface area (Å²) in [5.41, 5.74) is 2.25. The van der Waals surface area contributed by atoms with Crippen molar-refractivity contribution in [3.8, 4) is 28.2 Å². The molecule has 0 radical (unpaired) electrons. The second kappa shape index (κ2) is 11.8. The van der Waals surface area contributed by atoms with Crippen LogP contribution >= 0.6 is 0 Å². The summed E-state index contributed by atoms with van der Waals surface area (Å²) in [5.74, 6) is -0.217. The van der Waals surface area contributed by atoms with Crippen molar-refractivity contribution in [2.75, 3.05) is 18.9 Å². The third kappa shape index (κ3) is 6.27. The molecule has 0 fully saturated rings. The summed E-state index contributed by atoms with van der Waals surface area (Å²) in [6.07, 6.45) is 2.45. The standard InChI is InChI=1S/C30H31N3O6/c1-17(34)26(31-3)6-4-5-13-32-18(2)33-19-7-10-22(25(14-19)30(37)38)29-23-11-8-20(35)15-27(23)39-28-16-21(36)9-12-24(28)29/h7-12,14-16,26,31-33,35H,2,4-6,13H2,1,3H3,(H,37,38). The minimum atomic E-state index is -1.13. The van der Waals surface area contributed by atoms with Gasteiger partial charge in [0.05, 0.1) is 17.4 Å². The van der Waals surface area contributed by atoms with E-state index in [0.29, 0.717) is 45.7 Å². The zero-order valence-electron chi connectivity index (χ0n) is 21.8. The first kappa shape index (κ1) is 27.4. The molecule has 1 unspecified atom stereocenters. The molecule has 0 saturated carbocycles. The number of Topliss-reactive ketones (excluding diaryl/α,β-unsaturated/α-hetero) is 1. The summed E-state index contributed by atoms with van der Waals surface area (Å²) in [7, 11) is 1.78. The highest BCUT2D eigenvalue weighted by Gasteiger charge is 2.22. The van der Waals surface area contributed by atoms with Crippen molar-refractivity contribution in [2.24, 2.45) is 0 Å². The number of ketones is 1. The molecule has 0 amide bonds. The van der Waals surface area contributed by atoms with Gasteiger partial charge in [0.1, 0.15) is 22.9 Å². The Morgan fingerprint density at radius 2 is 1.79 bits per heavy atom. The van der Waals surface area contributed by atoms with Crippen LogP contribution in [0.15, 0.2) is 76.2 Å². The van der Waals surface area contributed by atoms with Crippen LogP contribution in [0.3, 0.4) is 0 Å². The number of carbonyl (C=O) groups excluding carboxylic acids is 1. The monoisotopic (exact) mass is 529 g/mol. The van der Waals surface area contributed by atoms with Crippen molar-refractivity contribution in [3.05, 3.63) is 82.8 Å². The molecule has 2 aliphatic rings. The highest BCUT2D eigenvalue weighted by Crippen LogP contribution is 2.42. The molecule has 2 aromatic rings. The third-order valence-electron chi connectivity index (χ3n) is 6.59. The lowest BCUT2D eigenvalue weighted by Gasteiger charge is -2.18. The molecule has 1 heterocycles. The van der Waals surface area contributed by atoms with Gasteiger partial charge < -0.3 is 30.6 Å². The lowest BCUT2D eigenvalue weighted by molar-refractivity contribution is -0.119. The average molecular weight is 530 g/mol. The van der Waals surface area contributed by atoms with Gasteiger partial charge in [0.2, 0.25) is 0 Å². The number of anilines is 1. The molecule has 0 aromatic heterocycles. The number of carboxylic acids is 1. The Labute approximate surface area is 225 Å². The molecule has 5 N–H and O–H groups in total. The van der Waals surface area contributed by atoms with E-state index in [4.69, 9.17) is 4.42 Å². The smallest absolute Gasteiger partial charge is 0.336 e. The van der Waals surface area contributed by atoms with Crippen LogP contribution in [0.4, 0.5) is 5.69 Å². The number of phenols is 1. The second-order valence-electron chi connectivity index (χ2n) is 9.36. The molecule has 202 valence electrons. The summed E-state index contributed by atoms with van der Waals surface area (Å²) in [5, 5.41) is 30.0. The fourth-order valence-corrected chi connectivity index (χ4v) is 4.65. The van der Waals surface area contributed by atoms with Gasteiger partial charge in [-0.15, -0.1) is 0 Å². The van der Waals surface area contributed by atoms with Gasteiger partial charge in [-0.25, -0.2) is 4.79 Å². The molecule has 0 bridgehead atoms. The molecule has 2 aromatic carbocycles. The number of phenolic OH excluding ortho intramolecular Hbond substituents is 1. The van der Waals surface area contributed by atoms with Crippen LogP contribution in [0.1, 0.15) is 36.5 Å². The van der Waals surface area contributed by atoms with Gasteiger partial charge in [-0.2, -0.15) is 0 Å². The van der Waals surface area contributed by atoms with Crippen molar-refractivity contribution >= 4 is 28.4 Å². The van der Waals surface area contributed by atoms with Crippen LogP contribution in [0.5, 0.6) is 5.75 Å². The van der Waals surface area contributed by atoms with Crippen molar-refractivity contribution < 1.29 is 24.2 Å². The quantitative estimate of drug-likeness (QED) is 0.129. The van der Waals surface area contributed by atoms with Crippen molar-refractivity contribution in [2.45, 2.75) is 32.2 Å². The van der Waals surface area contributed by atoms with Crippen molar-refractivity contribution in [3.63, 3.8) is 0 Å². The Morgan fingerprint density at radius 3 is 2.51 bits per heavy atom. The van der Waals surface area contributed by atoms with E-state index in [0.717, 1.165) is 19.3 Å². The predicted molar refractivity (Wildman–Crippen MR) is 151 cm³/mol. The molecule has 9 heteroatoms. The summed E-state index contributed by atoms with van der Waals surface area (Å²) in [6, 6.07) is 13.8. The molecule has 0 saturated heterocycles. The van der Waals surface area contributed by atoms with Crippen molar-refractivity contribution in [1.82, 2.24) is 10.6 Å². The zero-order chi connectivity index (χ0) is 28.1. The lowest BCUT2D eigenvalue weighted by Crippen LogP contribution is -2.32. The predicted octanol–water partition coefficient (Wildman–Crippen LogP) is 4.79. The first-order valence-electron chi connectivity index (χ1n) is 12.6. The number of hydrogen-bond donors (Lipinski definition) is 5. The maximum absolute atomic E-state index is 12.4. The molecule has 4 rings (SSSR count). The van der Waals surface area contributed by atoms with E-state index in [-0.39, 0.29) is 34.3 Å². The molecule has 1 aliphatic heterocycles. The minimum absolute atomic E-state index is 0.0143. The Kier molecular flexibility index (Phi) is 8.31. The van der Waals surface area contributed by atoms with Crippen LogP contribution in [0, 0.1) is 0 Å². The number of fused-ring (bicyclic) bond motifs is 2.